The predicted octanol–water partition coefficient (Wildman–Crippen LogP) is 0.682. The molecule has 0 saturated carbocycles. The topological polar surface area (TPSA) is 86.0 Å². The average Bonchev–Trinajstić information content (AvgIpc) is 2.63. The van der Waals surface area contributed by atoms with Crippen LogP contribution >= 0.6 is 0 Å². The Balaban J connectivity index is 1.93. The molecule has 1 aromatic rings. The lowest BCUT2D eigenvalue weighted by atomic mass is 10.0. The van der Waals surface area contributed by atoms with E-state index >= 15 is 0 Å². The molecule has 1 atom stereocenters. The van der Waals surface area contributed by atoms with Crippen LogP contribution in [0, 0.1) is 11.6 Å². The number of rotatable bonds is 7. The lowest BCUT2D eigenvalue weighted by Crippen LogP contribution is -2.50. The second kappa shape index (κ2) is 10.3. The summed E-state index contributed by atoms with van der Waals surface area (Å²) in [5.74, 6) is -0.869. The zero-order chi connectivity index (χ0) is 20.7. The smallest absolute Gasteiger partial charge is 0.231 e. The molecule has 1 fully saturated rings. The number of guanidine groups is 1. The molecule has 0 spiro atoms. The Morgan fingerprint density at radius 1 is 1.32 bits per heavy atom. The number of nitrogens with zero attached hydrogens (tertiary/aromatic N) is 3. The summed E-state index contributed by atoms with van der Waals surface area (Å²) in [6.07, 6.45) is 1.71. The van der Waals surface area contributed by atoms with Gasteiger partial charge in [-0.05, 0) is 39.1 Å². The normalized spacial score (nSPS) is 17.6. The number of benzene rings is 1. The number of nitrogens with one attached hydrogen (secondary N) is 2. The Bertz CT molecular complexity index is 669. The fraction of sp³-hybridized carbons (Fsp3) is 0.579. The van der Waals surface area contributed by atoms with E-state index in [0.29, 0.717) is 12.5 Å². The maximum Gasteiger partial charge on any atom is 0.231 e. The number of carbonyl (C=O) groups is 1. The second-order valence-electron chi connectivity index (χ2n) is 7.23. The molecule has 2 rings (SSSR count). The van der Waals surface area contributed by atoms with Crippen molar-refractivity contribution in [2.45, 2.75) is 24.9 Å². The molecule has 7 nitrogen and oxygen atoms in total. The summed E-state index contributed by atoms with van der Waals surface area (Å²) in [6.45, 7) is 2.13. The van der Waals surface area contributed by atoms with Gasteiger partial charge in [0.05, 0.1) is 12.6 Å². The first-order chi connectivity index (χ1) is 13.3. The van der Waals surface area contributed by atoms with Gasteiger partial charge in [0, 0.05) is 38.3 Å². The van der Waals surface area contributed by atoms with Gasteiger partial charge >= 0.3 is 0 Å². The highest BCUT2D eigenvalue weighted by Gasteiger charge is 2.24. The molecule has 1 unspecified atom stereocenters. The average molecular weight is 396 g/mol. The Morgan fingerprint density at radius 2 is 1.93 bits per heavy atom. The molecule has 1 saturated heterocycles. The summed E-state index contributed by atoms with van der Waals surface area (Å²) in [5.41, 5.74) is 5.28. The van der Waals surface area contributed by atoms with E-state index in [9.17, 15) is 13.6 Å². The lowest BCUT2D eigenvalue weighted by molar-refractivity contribution is -0.119. The molecule has 1 amide bonds. The molecule has 0 radical (unpaired) electrons. The van der Waals surface area contributed by atoms with Gasteiger partial charge in [-0.15, -0.1) is 0 Å². The number of hydrogen-bond acceptors (Lipinski definition) is 4. The molecule has 0 aromatic heterocycles. The lowest BCUT2D eigenvalue weighted by Gasteiger charge is -2.33. The number of nitrogens with two attached hydrogens (primary N) is 1. The van der Waals surface area contributed by atoms with E-state index in [4.69, 9.17) is 5.73 Å². The molecule has 1 aromatic carbocycles. The predicted molar refractivity (Wildman–Crippen MR) is 106 cm³/mol. The molecule has 1 aliphatic rings. The van der Waals surface area contributed by atoms with Crippen LogP contribution in [0.4, 0.5) is 8.78 Å². The van der Waals surface area contributed by atoms with Gasteiger partial charge in [-0.1, -0.05) is 6.07 Å². The number of amides is 1. The molecule has 156 valence electrons. The minimum absolute atomic E-state index is 0.0372. The summed E-state index contributed by atoms with van der Waals surface area (Å²) in [5, 5.41) is 6.52. The SMILES string of the molecule is CN=C(NCC(c1c(F)cccc1F)N(C)C)NC1CCN(CC(N)=O)CC1. The summed E-state index contributed by atoms with van der Waals surface area (Å²) in [6, 6.07) is 3.61. The minimum Gasteiger partial charge on any atom is -0.369 e. The van der Waals surface area contributed by atoms with Crippen LogP contribution in [0.2, 0.25) is 0 Å². The van der Waals surface area contributed by atoms with Gasteiger partial charge in [0.15, 0.2) is 5.96 Å². The highest BCUT2D eigenvalue weighted by molar-refractivity contribution is 5.80. The van der Waals surface area contributed by atoms with E-state index in [1.807, 2.05) is 4.90 Å². The Morgan fingerprint density at radius 3 is 2.43 bits per heavy atom. The van der Waals surface area contributed by atoms with Crippen LogP contribution in [-0.2, 0) is 4.79 Å². The van der Waals surface area contributed by atoms with Gasteiger partial charge in [-0.3, -0.25) is 14.7 Å². The van der Waals surface area contributed by atoms with E-state index in [1.54, 1.807) is 26.0 Å². The molecular formula is C19H30F2N6O. The maximum absolute atomic E-state index is 14.2. The Kier molecular flexibility index (Phi) is 8.13. The number of carbonyl (C=O) groups excluding carboxylic acids is 1. The number of piperidine rings is 1. The number of hydrogen-bond donors (Lipinski definition) is 3. The molecule has 28 heavy (non-hydrogen) atoms. The van der Waals surface area contributed by atoms with Crippen LogP contribution in [0.15, 0.2) is 23.2 Å². The summed E-state index contributed by atoms with van der Waals surface area (Å²) in [4.78, 5) is 19.0. The number of likely N-dealkylation sites (tertiary alicyclic amines) is 1. The second-order valence-corrected chi connectivity index (χ2v) is 7.23. The van der Waals surface area contributed by atoms with Crippen molar-refractivity contribution in [1.82, 2.24) is 20.4 Å². The van der Waals surface area contributed by atoms with Crippen molar-refractivity contribution < 1.29 is 13.6 Å². The molecule has 1 aliphatic heterocycles. The van der Waals surface area contributed by atoms with E-state index in [1.165, 1.54) is 18.2 Å². The fourth-order valence-electron chi connectivity index (χ4n) is 3.41. The van der Waals surface area contributed by atoms with Crippen molar-refractivity contribution >= 4 is 11.9 Å². The van der Waals surface area contributed by atoms with Crippen LogP contribution in [0.5, 0.6) is 0 Å². The standard InChI is InChI=1S/C19H30F2N6O/c1-23-19(25-13-7-9-27(10-8-13)12-17(22)28)24-11-16(26(2)3)18-14(20)5-4-6-15(18)21/h4-6,13,16H,7-12H2,1-3H3,(H2,22,28)(H2,23,24,25). The van der Waals surface area contributed by atoms with Crippen LogP contribution in [0.3, 0.4) is 0 Å². The molecule has 0 aliphatic carbocycles. The summed E-state index contributed by atoms with van der Waals surface area (Å²) in [7, 11) is 5.22. The quantitative estimate of drug-likeness (QED) is 0.466. The maximum atomic E-state index is 14.2. The minimum atomic E-state index is -0.565. The summed E-state index contributed by atoms with van der Waals surface area (Å²) < 4.78 is 28.4. The third-order valence-electron chi connectivity index (χ3n) is 4.95. The van der Waals surface area contributed by atoms with Gasteiger partial charge in [-0.25, -0.2) is 8.78 Å². The number of likely N-dealkylation sites (N-methyl/N-ethyl adjacent to an activating group) is 1. The molecular weight excluding hydrogens is 366 g/mol. The first-order valence-electron chi connectivity index (χ1n) is 9.40. The first-order valence-corrected chi connectivity index (χ1v) is 9.40. The van der Waals surface area contributed by atoms with E-state index < -0.39 is 17.7 Å². The fourth-order valence-corrected chi connectivity index (χ4v) is 3.41. The number of aliphatic imine (C=N–C) groups is 1. The monoisotopic (exact) mass is 396 g/mol. The first kappa shape index (κ1) is 22.0. The zero-order valence-electron chi connectivity index (χ0n) is 16.7. The van der Waals surface area contributed by atoms with Crippen LogP contribution in [0.1, 0.15) is 24.4 Å². The van der Waals surface area contributed by atoms with Gasteiger partial charge in [0.1, 0.15) is 11.6 Å². The van der Waals surface area contributed by atoms with Crippen molar-refractivity contribution in [1.29, 1.82) is 0 Å². The van der Waals surface area contributed by atoms with E-state index in [2.05, 4.69) is 15.6 Å². The molecule has 4 N–H and O–H groups in total. The van der Waals surface area contributed by atoms with Crippen LogP contribution in [-0.4, -0.2) is 75.0 Å². The Hall–Kier alpha value is -2.26. The summed E-state index contributed by atoms with van der Waals surface area (Å²) >= 11 is 0. The third kappa shape index (κ3) is 6.13. The van der Waals surface area contributed by atoms with Gasteiger partial charge in [0.2, 0.25) is 5.91 Å². The van der Waals surface area contributed by atoms with Crippen molar-refractivity contribution in [3.63, 3.8) is 0 Å². The number of halogens is 2. The Labute approximate surface area is 165 Å². The molecule has 1 heterocycles. The highest BCUT2D eigenvalue weighted by atomic mass is 19.1. The molecule has 0 bridgehead atoms. The van der Waals surface area contributed by atoms with Gasteiger partial charge in [-0.2, -0.15) is 0 Å². The van der Waals surface area contributed by atoms with E-state index in [0.717, 1.165) is 25.9 Å². The van der Waals surface area contributed by atoms with Crippen molar-refractivity contribution in [3.05, 3.63) is 35.4 Å². The third-order valence-corrected chi connectivity index (χ3v) is 4.95. The van der Waals surface area contributed by atoms with Gasteiger partial charge in [0.25, 0.3) is 0 Å². The van der Waals surface area contributed by atoms with E-state index in [-0.39, 0.29) is 24.1 Å². The largest absolute Gasteiger partial charge is 0.369 e. The van der Waals surface area contributed by atoms with Crippen molar-refractivity contribution in [2.75, 3.05) is 47.3 Å². The van der Waals surface area contributed by atoms with Crippen LogP contribution in [0.25, 0.3) is 0 Å². The van der Waals surface area contributed by atoms with Crippen molar-refractivity contribution in [2.24, 2.45) is 10.7 Å². The molecule has 9 heteroatoms. The van der Waals surface area contributed by atoms with Crippen molar-refractivity contribution in [3.8, 4) is 0 Å². The van der Waals surface area contributed by atoms with Crippen LogP contribution < -0.4 is 16.4 Å². The zero-order valence-corrected chi connectivity index (χ0v) is 16.7. The highest BCUT2D eigenvalue weighted by Crippen LogP contribution is 2.23. The number of primary amides is 1. The van der Waals surface area contributed by atoms with Gasteiger partial charge < -0.3 is 21.3 Å².